The van der Waals surface area contributed by atoms with Crippen molar-refractivity contribution in [1.82, 2.24) is 14.6 Å². The number of nitriles is 1. The number of nitrogens with zero attached hydrogens (tertiary/aromatic N) is 3. The van der Waals surface area contributed by atoms with E-state index in [0.717, 1.165) is 16.7 Å². The highest BCUT2D eigenvalue weighted by atomic mass is 32.2. The van der Waals surface area contributed by atoms with Gasteiger partial charge in [-0.3, -0.25) is 9.78 Å². The van der Waals surface area contributed by atoms with Crippen molar-refractivity contribution < 1.29 is 17.6 Å². The minimum atomic E-state index is -3.84. The van der Waals surface area contributed by atoms with Gasteiger partial charge in [-0.25, -0.2) is 8.42 Å². The molecule has 0 radical (unpaired) electrons. The molecule has 0 aliphatic carbocycles. The molecule has 0 aliphatic rings. The Bertz CT molecular complexity index is 1560. The molecule has 192 valence electrons. The summed E-state index contributed by atoms with van der Waals surface area (Å²) in [5.41, 5.74) is 2.45. The number of rotatable bonds is 10. The summed E-state index contributed by atoms with van der Waals surface area (Å²) in [7, 11) is -3.84. The van der Waals surface area contributed by atoms with Crippen LogP contribution in [0.15, 0.2) is 106 Å². The third-order valence-corrected chi connectivity index (χ3v) is 7.51. The van der Waals surface area contributed by atoms with Crippen molar-refractivity contribution in [2.24, 2.45) is 0 Å². The normalized spacial score (nSPS) is 11.8. The van der Waals surface area contributed by atoms with Gasteiger partial charge in [-0.2, -0.15) is 9.57 Å². The molecule has 0 atom stereocenters. The Kier molecular flexibility index (Phi) is 8.48. The van der Waals surface area contributed by atoms with E-state index in [-0.39, 0.29) is 35.9 Å². The second-order valence-electron chi connectivity index (χ2n) is 8.59. The largest absolute Gasteiger partial charge is 0.460 e. The molecule has 0 aliphatic heterocycles. The van der Waals surface area contributed by atoms with Crippen LogP contribution in [-0.4, -0.2) is 23.6 Å². The van der Waals surface area contributed by atoms with E-state index in [1.807, 2.05) is 49.4 Å². The van der Waals surface area contributed by atoms with Gasteiger partial charge in [0, 0.05) is 31.6 Å². The van der Waals surface area contributed by atoms with Crippen LogP contribution in [-0.2, 0) is 34.5 Å². The summed E-state index contributed by atoms with van der Waals surface area (Å²) in [6.45, 7) is 2.22. The minimum absolute atomic E-state index is 0.0337. The number of aryl methyl sites for hydroxylation is 1. The lowest BCUT2D eigenvalue weighted by atomic mass is 10.2. The van der Waals surface area contributed by atoms with Gasteiger partial charge in [0.2, 0.25) is 10.0 Å². The summed E-state index contributed by atoms with van der Waals surface area (Å²) in [6.07, 6.45) is 4.59. The Morgan fingerprint density at radius 2 is 1.74 bits per heavy atom. The number of nitrogens with one attached hydrogen (secondary N) is 1. The predicted octanol–water partition coefficient (Wildman–Crippen LogP) is 4.60. The number of sulfonamides is 1. The molecular weight excluding hydrogens is 500 g/mol. The van der Waals surface area contributed by atoms with Crippen LogP contribution in [0.5, 0.6) is 0 Å². The average molecular weight is 527 g/mol. The molecule has 38 heavy (non-hydrogen) atoms. The number of carbonyl (C=O) groups excluding carboxylic acids is 1. The monoisotopic (exact) mass is 526 g/mol. The molecule has 2 aromatic heterocycles. The molecule has 9 heteroatoms. The first-order valence-corrected chi connectivity index (χ1v) is 13.3. The number of aromatic nitrogens is 1. The summed E-state index contributed by atoms with van der Waals surface area (Å²) in [4.78, 5) is 16.7. The van der Waals surface area contributed by atoms with Crippen LogP contribution in [0.2, 0.25) is 0 Å². The Morgan fingerprint density at radius 1 is 1.00 bits per heavy atom. The maximum atomic E-state index is 13.5. The third kappa shape index (κ3) is 6.82. The van der Waals surface area contributed by atoms with Gasteiger partial charge >= 0.3 is 0 Å². The second kappa shape index (κ2) is 12.1. The Labute approximate surface area is 221 Å². The lowest BCUT2D eigenvalue weighted by molar-refractivity contribution is -0.117. The molecule has 2 aromatic carbocycles. The van der Waals surface area contributed by atoms with E-state index >= 15 is 0 Å². The third-order valence-electron chi connectivity index (χ3n) is 5.70. The van der Waals surface area contributed by atoms with Crippen molar-refractivity contribution in [3.05, 3.63) is 125 Å². The predicted molar refractivity (Wildman–Crippen MR) is 142 cm³/mol. The van der Waals surface area contributed by atoms with Gasteiger partial charge in [-0.05, 0) is 48.4 Å². The second-order valence-corrected chi connectivity index (χ2v) is 10.5. The Balaban J connectivity index is 1.53. The van der Waals surface area contributed by atoms with Gasteiger partial charge in [0.1, 0.15) is 23.2 Å². The quantitative estimate of drug-likeness (QED) is 0.239. The van der Waals surface area contributed by atoms with Crippen LogP contribution < -0.4 is 5.32 Å². The van der Waals surface area contributed by atoms with Crippen LogP contribution in [0.4, 0.5) is 0 Å². The first-order valence-electron chi connectivity index (χ1n) is 11.8. The summed E-state index contributed by atoms with van der Waals surface area (Å²) in [5.74, 6) is 0.0818. The maximum absolute atomic E-state index is 13.5. The van der Waals surface area contributed by atoms with E-state index in [2.05, 4.69) is 10.3 Å². The molecule has 0 spiro atoms. The van der Waals surface area contributed by atoms with Crippen LogP contribution in [0.25, 0.3) is 6.08 Å². The summed E-state index contributed by atoms with van der Waals surface area (Å²) in [5, 5.41) is 12.2. The molecule has 0 saturated carbocycles. The van der Waals surface area contributed by atoms with Crippen LogP contribution in [0.3, 0.4) is 0 Å². The van der Waals surface area contributed by atoms with Gasteiger partial charge < -0.3 is 9.73 Å². The van der Waals surface area contributed by atoms with E-state index in [1.165, 1.54) is 10.4 Å². The number of hydrogen-bond acceptors (Lipinski definition) is 6. The minimum Gasteiger partial charge on any atom is -0.460 e. The topological polar surface area (TPSA) is 116 Å². The molecule has 4 aromatic rings. The fourth-order valence-corrected chi connectivity index (χ4v) is 5.07. The molecule has 2 heterocycles. The SMILES string of the molecule is Cc1ccc(S(=O)(=O)N(Cc2ccccc2)Cc2ccc(/C=C(/C#N)C(=O)NCc3cccnc3)o2)cc1. The van der Waals surface area contributed by atoms with Crippen LogP contribution in [0.1, 0.15) is 28.2 Å². The first-order chi connectivity index (χ1) is 18.3. The summed E-state index contributed by atoms with van der Waals surface area (Å²) < 4.78 is 34.2. The van der Waals surface area contributed by atoms with Crippen molar-refractivity contribution >= 4 is 22.0 Å². The first kappa shape index (κ1) is 26.5. The molecule has 1 N–H and O–H groups in total. The standard InChI is InChI=1S/C29H26N4O4S/c1-22-9-13-28(14-10-22)38(35,36)33(20-23-6-3-2-4-7-23)21-27-12-11-26(37-27)16-25(17-30)29(34)32-19-24-8-5-15-31-18-24/h2-16,18H,19-21H2,1H3,(H,32,34)/b25-16-. The van der Waals surface area contributed by atoms with Gasteiger partial charge in [-0.1, -0.05) is 54.1 Å². The molecular formula is C29H26N4O4S. The Morgan fingerprint density at radius 3 is 2.42 bits per heavy atom. The molecule has 0 saturated heterocycles. The van der Waals surface area contributed by atoms with Crippen molar-refractivity contribution in [3.63, 3.8) is 0 Å². The highest BCUT2D eigenvalue weighted by Gasteiger charge is 2.26. The molecule has 1 amide bonds. The van der Waals surface area contributed by atoms with E-state index in [1.54, 1.807) is 54.9 Å². The van der Waals surface area contributed by atoms with Gasteiger partial charge in [0.05, 0.1) is 11.4 Å². The smallest absolute Gasteiger partial charge is 0.262 e. The fourth-order valence-electron chi connectivity index (χ4n) is 3.67. The number of benzene rings is 2. The number of hydrogen-bond donors (Lipinski definition) is 1. The van der Waals surface area contributed by atoms with Crippen LogP contribution in [0, 0.1) is 18.3 Å². The van der Waals surface area contributed by atoms with Crippen molar-refractivity contribution in [3.8, 4) is 6.07 Å². The number of carbonyl (C=O) groups is 1. The highest BCUT2D eigenvalue weighted by molar-refractivity contribution is 7.89. The highest BCUT2D eigenvalue weighted by Crippen LogP contribution is 2.23. The molecule has 4 rings (SSSR count). The lowest BCUT2D eigenvalue weighted by Crippen LogP contribution is -2.30. The van der Waals surface area contributed by atoms with Gasteiger partial charge in [0.15, 0.2) is 0 Å². The molecule has 0 bridgehead atoms. The average Bonchev–Trinajstić information content (AvgIpc) is 3.38. The number of pyridine rings is 1. The number of furan rings is 1. The van der Waals surface area contributed by atoms with E-state index in [0.29, 0.717) is 5.76 Å². The zero-order valence-electron chi connectivity index (χ0n) is 20.7. The van der Waals surface area contributed by atoms with E-state index in [9.17, 15) is 18.5 Å². The molecule has 0 fully saturated rings. The molecule has 8 nitrogen and oxygen atoms in total. The van der Waals surface area contributed by atoms with E-state index in [4.69, 9.17) is 4.42 Å². The van der Waals surface area contributed by atoms with E-state index < -0.39 is 15.9 Å². The zero-order valence-corrected chi connectivity index (χ0v) is 21.6. The fraction of sp³-hybridized carbons (Fsp3) is 0.138. The maximum Gasteiger partial charge on any atom is 0.262 e. The number of amides is 1. The lowest BCUT2D eigenvalue weighted by Gasteiger charge is -2.21. The van der Waals surface area contributed by atoms with Crippen molar-refractivity contribution in [1.29, 1.82) is 5.26 Å². The molecule has 0 unspecified atom stereocenters. The zero-order chi connectivity index (χ0) is 27.0. The Hall–Kier alpha value is -4.52. The summed E-state index contributed by atoms with van der Waals surface area (Å²) >= 11 is 0. The van der Waals surface area contributed by atoms with Crippen molar-refractivity contribution in [2.75, 3.05) is 0 Å². The van der Waals surface area contributed by atoms with Gasteiger partial charge in [-0.15, -0.1) is 0 Å². The van der Waals surface area contributed by atoms with Gasteiger partial charge in [0.25, 0.3) is 5.91 Å². The van der Waals surface area contributed by atoms with Crippen LogP contribution >= 0.6 is 0 Å². The van der Waals surface area contributed by atoms with Crippen molar-refractivity contribution in [2.45, 2.75) is 31.5 Å². The summed E-state index contributed by atoms with van der Waals surface area (Å²) in [6, 6.07) is 24.7.